The maximum atomic E-state index is 12.7. The summed E-state index contributed by atoms with van der Waals surface area (Å²) >= 11 is 2.82. The first kappa shape index (κ1) is 14.6. The van der Waals surface area contributed by atoms with Crippen LogP contribution in [0.1, 0.15) is 21.8 Å². The van der Waals surface area contributed by atoms with Crippen LogP contribution in [-0.4, -0.2) is 11.1 Å². The standard InChI is InChI=1S/C12H8BrF3N2O2/c1-6-4-10(18-20-6)11(19)17-7-2-3-9(13)8(5-7)12(14,15)16/h2-5H,1H3,(H,17,19). The van der Waals surface area contributed by atoms with E-state index in [0.717, 1.165) is 6.07 Å². The molecule has 2 aromatic rings. The molecule has 0 spiro atoms. The van der Waals surface area contributed by atoms with Crippen LogP contribution in [0.15, 0.2) is 33.3 Å². The fourth-order valence-corrected chi connectivity index (χ4v) is 1.96. The van der Waals surface area contributed by atoms with E-state index in [9.17, 15) is 18.0 Å². The van der Waals surface area contributed by atoms with Gasteiger partial charge in [-0.3, -0.25) is 4.79 Å². The number of benzene rings is 1. The van der Waals surface area contributed by atoms with E-state index >= 15 is 0 Å². The Kier molecular flexibility index (Phi) is 3.85. The molecule has 1 N–H and O–H groups in total. The minimum Gasteiger partial charge on any atom is -0.361 e. The third-order valence-corrected chi connectivity index (χ3v) is 3.08. The average molecular weight is 349 g/mol. The second-order valence-corrected chi connectivity index (χ2v) is 4.82. The SMILES string of the molecule is Cc1cc(C(=O)Nc2ccc(Br)c(C(F)(F)F)c2)no1. The highest BCUT2D eigenvalue weighted by molar-refractivity contribution is 9.10. The molecule has 0 atom stereocenters. The van der Waals surface area contributed by atoms with Gasteiger partial charge < -0.3 is 9.84 Å². The fraction of sp³-hybridized carbons (Fsp3) is 0.167. The molecule has 0 unspecified atom stereocenters. The minimum absolute atomic E-state index is 0.000947. The van der Waals surface area contributed by atoms with Crippen LogP contribution in [0, 0.1) is 6.92 Å². The Hall–Kier alpha value is -1.83. The number of hydrogen-bond acceptors (Lipinski definition) is 3. The number of aromatic nitrogens is 1. The summed E-state index contributed by atoms with van der Waals surface area (Å²) < 4.78 is 42.8. The first-order chi connectivity index (χ1) is 9.27. The van der Waals surface area contributed by atoms with Crippen LogP contribution in [-0.2, 0) is 6.18 Å². The van der Waals surface area contributed by atoms with Gasteiger partial charge in [0.15, 0.2) is 5.69 Å². The van der Waals surface area contributed by atoms with Crippen LogP contribution in [0.3, 0.4) is 0 Å². The zero-order valence-corrected chi connectivity index (χ0v) is 11.7. The summed E-state index contributed by atoms with van der Waals surface area (Å²) in [6.45, 7) is 1.60. The van der Waals surface area contributed by atoms with Crippen LogP contribution in [0.5, 0.6) is 0 Å². The van der Waals surface area contributed by atoms with Crippen molar-refractivity contribution in [1.29, 1.82) is 0 Å². The lowest BCUT2D eigenvalue weighted by molar-refractivity contribution is -0.138. The summed E-state index contributed by atoms with van der Waals surface area (Å²) in [5, 5.41) is 5.81. The Morgan fingerprint density at radius 2 is 2.05 bits per heavy atom. The van der Waals surface area contributed by atoms with E-state index in [0.29, 0.717) is 5.76 Å². The molecule has 0 fully saturated rings. The van der Waals surface area contributed by atoms with E-state index in [1.165, 1.54) is 18.2 Å². The van der Waals surface area contributed by atoms with E-state index in [1.54, 1.807) is 6.92 Å². The average Bonchev–Trinajstić information content (AvgIpc) is 2.77. The van der Waals surface area contributed by atoms with Crippen molar-refractivity contribution in [3.8, 4) is 0 Å². The highest BCUT2D eigenvalue weighted by Gasteiger charge is 2.33. The molecule has 0 saturated carbocycles. The zero-order valence-electron chi connectivity index (χ0n) is 10.1. The van der Waals surface area contributed by atoms with Crippen LogP contribution in [0.4, 0.5) is 18.9 Å². The first-order valence-corrected chi connectivity index (χ1v) is 6.18. The third-order valence-electron chi connectivity index (χ3n) is 2.39. The Bertz CT molecular complexity index is 652. The Balaban J connectivity index is 2.24. The molecule has 0 aliphatic rings. The largest absolute Gasteiger partial charge is 0.417 e. The quantitative estimate of drug-likeness (QED) is 0.891. The van der Waals surface area contributed by atoms with Gasteiger partial charge in [-0.1, -0.05) is 21.1 Å². The maximum Gasteiger partial charge on any atom is 0.417 e. The molecule has 1 aromatic heterocycles. The van der Waals surface area contributed by atoms with Crippen molar-refractivity contribution in [3.63, 3.8) is 0 Å². The second-order valence-electron chi connectivity index (χ2n) is 3.97. The number of aryl methyl sites for hydroxylation is 1. The van der Waals surface area contributed by atoms with Crippen LogP contribution in [0.2, 0.25) is 0 Å². The highest BCUT2D eigenvalue weighted by Crippen LogP contribution is 2.36. The van der Waals surface area contributed by atoms with Crippen LogP contribution in [0.25, 0.3) is 0 Å². The zero-order chi connectivity index (χ0) is 14.9. The van der Waals surface area contributed by atoms with E-state index in [4.69, 9.17) is 4.52 Å². The molecule has 1 heterocycles. The topological polar surface area (TPSA) is 55.1 Å². The van der Waals surface area contributed by atoms with Crippen molar-refractivity contribution >= 4 is 27.5 Å². The van der Waals surface area contributed by atoms with Gasteiger partial charge in [0.2, 0.25) is 0 Å². The minimum atomic E-state index is -4.51. The number of carbonyl (C=O) groups excluding carboxylic acids is 1. The molecule has 0 aliphatic carbocycles. The van der Waals surface area contributed by atoms with E-state index < -0.39 is 17.6 Å². The monoisotopic (exact) mass is 348 g/mol. The van der Waals surface area contributed by atoms with Crippen molar-refractivity contribution in [3.05, 3.63) is 45.8 Å². The molecule has 20 heavy (non-hydrogen) atoms. The number of hydrogen-bond donors (Lipinski definition) is 1. The molecular formula is C12H8BrF3N2O2. The summed E-state index contributed by atoms with van der Waals surface area (Å²) in [6, 6.07) is 4.80. The van der Waals surface area contributed by atoms with Crippen molar-refractivity contribution in [2.75, 3.05) is 5.32 Å². The van der Waals surface area contributed by atoms with Gasteiger partial charge in [-0.25, -0.2) is 0 Å². The smallest absolute Gasteiger partial charge is 0.361 e. The number of anilines is 1. The Morgan fingerprint density at radius 3 is 2.60 bits per heavy atom. The lowest BCUT2D eigenvalue weighted by atomic mass is 10.2. The highest BCUT2D eigenvalue weighted by atomic mass is 79.9. The van der Waals surface area contributed by atoms with Gasteiger partial charge in [0.1, 0.15) is 5.76 Å². The van der Waals surface area contributed by atoms with E-state index in [-0.39, 0.29) is 15.9 Å². The lowest BCUT2D eigenvalue weighted by Gasteiger charge is -2.11. The summed E-state index contributed by atoms with van der Waals surface area (Å²) in [6.07, 6.45) is -4.51. The van der Waals surface area contributed by atoms with Crippen molar-refractivity contribution in [2.45, 2.75) is 13.1 Å². The van der Waals surface area contributed by atoms with Gasteiger partial charge in [-0.2, -0.15) is 13.2 Å². The van der Waals surface area contributed by atoms with Crippen molar-refractivity contribution < 1.29 is 22.5 Å². The molecule has 0 radical (unpaired) electrons. The molecule has 1 amide bonds. The Morgan fingerprint density at radius 1 is 1.35 bits per heavy atom. The van der Waals surface area contributed by atoms with Gasteiger partial charge in [-0.15, -0.1) is 0 Å². The third kappa shape index (κ3) is 3.19. The maximum absolute atomic E-state index is 12.7. The first-order valence-electron chi connectivity index (χ1n) is 5.39. The van der Waals surface area contributed by atoms with Crippen LogP contribution >= 0.6 is 15.9 Å². The molecule has 1 aromatic carbocycles. The molecule has 0 saturated heterocycles. The van der Waals surface area contributed by atoms with Gasteiger partial charge in [0.25, 0.3) is 5.91 Å². The second kappa shape index (κ2) is 5.28. The number of nitrogens with zero attached hydrogens (tertiary/aromatic N) is 1. The molecule has 8 heteroatoms. The normalized spacial score (nSPS) is 11.4. The molecular weight excluding hydrogens is 341 g/mol. The molecule has 4 nitrogen and oxygen atoms in total. The summed E-state index contributed by atoms with van der Waals surface area (Å²) in [7, 11) is 0. The van der Waals surface area contributed by atoms with E-state index in [1.807, 2.05) is 0 Å². The lowest BCUT2D eigenvalue weighted by Crippen LogP contribution is -2.13. The number of amides is 1. The van der Waals surface area contributed by atoms with Gasteiger partial charge in [0.05, 0.1) is 5.56 Å². The van der Waals surface area contributed by atoms with Gasteiger partial charge >= 0.3 is 6.18 Å². The van der Waals surface area contributed by atoms with Crippen molar-refractivity contribution in [1.82, 2.24) is 5.16 Å². The number of halogens is 4. The number of alkyl halides is 3. The molecule has 0 bridgehead atoms. The summed E-state index contributed by atoms with van der Waals surface area (Å²) in [4.78, 5) is 11.7. The van der Waals surface area contributed by atoms with E-state index in [2.05, 4.69) is 26.4 Å². The summed E-state index contributed by atoms with van der Waals surface area (Å²) in [5.74, 6) is -0.209. The predicted octanol–water partition coefficient (Wildman–Crippen LogP) is 4.02. The van der Waals surface area contributed by atoms with Crippen molar-refractivity contribution in [2.24, 2.45) is 0 Å². The fourth-order valence-electron chi connectivity index (χ4n) is 1.49. The van der Waals surface area contributed by atoms with Gasteiger partial charge in [-0.05, 0) is 25.1 Å². The van der Waals surface area contributed by atoms with Gasteiger partial charge in [0, 0.05) is 16.2 Å². The predicted molar refractivity (Wildman–Crippen MR) is 68.3 cm³/mol. The number of rotatable bonds is 2. The number of nitrogens with one attached hydrogen (secondary N) is 1. The van der Waals surface area contributed by atoms with Crippen LogP contribution < -0.4 is 5.32 Å². The Labute approximate surface area is 120 Å². The number of carbonyl (C=O) groups is 1. The molecule has 106 valence electrons. The molecule has 2 rings (SSSR count). The summed E-state index contributed by atoms with van der Waals surface area (Å²) in [5.41, 5.74) is -0.850. The molecule has 0 aliphatic heterocycles.